The van der Waals surface area contributed by atoms with E-state index in [0.29, 0.717) is 42.9 Å². The fraction of sp³-hybridized carbons (Fsp3) is 0.452. The SMILES string of the molecule is CC(C)CCc1c(C=O)n(CCC2CCCCC2)c(=O)n1Cc1ccc(-c2ccccc2-c2nnn[nH]2)cc1. The Labute approximate surface area is 229 Å². The van der Waals surface area contributed by atoms with Gasteiger partial charge < -0.3 is 0 Å². The Bertz CT molecular complexity index is 1430. The smallest absolute Gasteiger partial charge is 0.296 e. The predicted octanol–water partition coefficient (Wildman–Crippen LogP) is 5.92. The van der Waals surface area contributed by atoms with Crippen LogP contribution in [-0.4, -0.2) is 36.0 Å². The number of nitrogens with one attached hydrogen (secondary N) is 1. The number of aromatic nitrogens is 6. The minimum Gasteiger partial charge on any atom is -0.296 e. The van der Waals surface area contributed by atoms with Gasteiger partial charge in [0.2, 0.25) is 0 Å². The Hall–Kier alpha value is -3.81. The van der Waals surface area contributed by atoms with Gasteiger partial charge in [-0.05, 0) is 58.2 Å². The van der Waals surface area contributed by atoms with Crippen LogP contribution in [0.3, 0.4) is 0 Å². The van der Waals surface area contributed by atoms with Crippen LogP contribution in [0.5, 0.6) is 0 Å². The van der Waals surface area contributed by atoms with Gasteiger partial charge in [0.15, 0.2) is 12.1 Å². The van der Waals surface area contributed by atoms with Crippen molar-refractivity contribution in [3.05, 3.63) is 76.0 Å². The number of carbonyl (C=O) groups excluding carboxylic acids is 1. The van der Waals surface area contributed by atoms with E-state index in [4.69, 9.17) is 0 Å². The van der Waals surface area contributed by atoms with Crippen molar-refractivity contribution >= 4 is 6.29 Å². The molecule has 4 aromatic rings. The average molecular weight is 527 g/mol. The van der Waals surface area contributed by atoms with E-state index in [1.165, 1.54) is 32.1 Å². The lowest BCUT2D eigenvalue weighted by molar-refractivity contribution is 0.111. The van der Waals surface area contributed by atoms with Crippen molar-refractivity contribution < 1.29 is 4.79 Å². The summed E-state index contributed by atoms with van der Waals surface area (Å²) in [5.41, 5.74) is 5.35. The van der Waals surface area contributed by atoms with Crippen molar-refractivity contribution in [1.82, 2.24) is 29.8 Å². The number of hydrogen-bond donors (Lipinski definition) is 1. The molecular formula is C31H38N6O2. The predicted molar refractivity (Wildman–Crippen MR) is 153 cm³/mol. The highest BCUT2D eigenvalue weighted by Gasteiger charge is 2.22. The second-order valence-corrected chi connectivity index (χ2v) is 11.2. The molecule has 0 aliphatic heterocycles. The van der Waals surface area contributed by atoms with Crippen molar-refractivity contribution in [2.24, 2.45) is 11.8 Å². The van der Waals surface area contributed by atoms with Gasteiger partial charge in [0, 0.05) is 12.1 Å². The summed E-state index contributed by atoms with van der Waals surface area (Å²) in [5, 5.41) is 14.3. The topological polar surface area (TPSA) is 98.5 Å². The molecule has 0 bridgehead atoms. The molecule has 0 unspecified atom stereocenters. The number of rotatable bonds is 11. The zero-order valence-corrected chi connectivity index (χ0v) is 23.0. The summed E-state index contributed by atoms with van der Waals surface area (Å²) >= 11 is 0. The molecule has 0 spiro atoms. The summed E-state index contributed by atoms with van der Waals surface area (Å²) in [4.78, 5) is 26.0. The minimum absolute atomic E-state index is 0.0705. The molecule has 1 aliphatic carbocycles. The molecule has 8 heteroatoms. The summed E-state index contributed by atoms with van der Waals surface area (Å²) < 4.78 is 3.57. The normalized spacial score (nSPS) is 14.2. The zero-order chi connectivity index (χ0) is 27.2. The van der Waals surface area contributed by atoms with Crippen LogP contribution in [0, 0.1) is 11.8 Å². The van der Waals surface area contributed by atoms with Crippen LogP contribution in [-0.2, 0) is 19.5 Å². The van der Waals surface area contributed by atoms with Crippen molar-refractivity contribution in [2.75, 3.05) is 0 Å². The van der Waals surface area contributed by atoms with Gasteiger partial charge in [-0.1, -0.05) is 94.5 Å². The highest BCUT2D eigenvalue weighted by Crippen LogP contribution is 2.30. The molecule has 0 radical (unpaired) electrons. The third-order valence-electron chi connectivity index (χ3n) is 8.06. The summed E-state index contributed by atoms with van der Waals surface area (Å²) in [5.74, 6) is 1.75. The number of imidazole rings is 1. The number of carbonyl (C=O) groups is 1. The van der Waals surface area contributed by atoms with E-state index in [1.807, 2.05) is 28.8 Å². The van der Waals surface area contributed by atoms with Gasteiger partial charge in [-0.2, -0.15) is 0 Å². The first-order valence-corrected chi connectivity index (χ1v) is 14.2. The van der Waals surface area contributed by atoms with E-state index >= 15 is 0 Å². The Morgan fingerprint density at radius 3 is 2.41 bits per heavy atom. The fourth-order valence-electron chi connectivity index (χ4n) is 5.83. The number of H-pyrrole nitrogens is 1. The third kappa shape index (κ3) is 6.10. The van der Waals surface area contributed by atoms with E-state index in [1.54, 1.807) is 4.57 Å². The molecule has 0 saturated heterocycles. The molecule has 8 nitrogen and oxygen atoms in total. The first-order valence-electron chi connectivity index (χ1n) is 14.2. The summed E-state index contributed by atoms with van der Waals surface area (Å²) in [6, 6.07) is 16.2. The first kappa shape index (κ1) is 26.8. The average Bonchev–Trinajstić information content (AvgIpc) is 3.59. The summed E-state index contributed by atoms with van der Waals surface area (Å²) in [6.07, 6.45) is 9.83. The second-order valence-electron chi connectivity index (χ2n) is 11.2. The van der Waals surface area contributed by atoms with Gasteiger partial charge in [0.05, 0.1) is 12.2 Å². The van der Waals surface area contributed by atoms with Crippen LogP contribution in [0.15, 0.2) is 53.3 Å². The number of hydrogen-bond acceptors (Lipinski definition) is 5. The first-order chi connectivity index (χ1) is 19.0. The monoisotopic (exact) mass is 526 g/mol. The molecule has 204 valence electrons. The zero-order valence-electron chi connectivity index (χ0n) is 23.0. The lowest BCUT2D eigenvalue weighted by Gasteiger charge is -2.21. The lowest BCUT2D eigenvalue weighted by atomic mass is 9.87. The molecule has 0 atom stereocenters. The number of aromatic amines is 1. The molecular weight excluding hydrogens is 488 g/mol. The van der Waals surface area contributed by atoms with Gasteiger partial charge in [-0.15, -0.1) is 5.10 Å². The van der Waals surface area contributed by atoms with E-state index in [2.05, 4.69) is 58.7 Å². The molecule has 1 aliphatic rings. The molecule has 2 aromatic heterocycles. The van der Waals surface area contributed by atoms with Crippen molar-refractivity contribution in [2.45, 2.75) is 78.3 Å². The largest absolute Gasteiger partial charge is 0.329 e. The van der Waals surface area contributed by atoms with Crippen LogP contribution >= 0.6 is 0 Å². The fourth-order valence-corrected chi connectivity index (χ4v) is 5.83. The molecule has 1 N–H and O–H groups in total. The lowest BCUT2D eigenvalue weighted by Crippen LogP contribution is -2.27. The van der Waals surface area contributed by atoms with E-state index in [9.17, 15) is 9.59 Å². The van der Waals surface area contributed by atoms with Gasteiger partial charge >= 0.3 is 5.69 Å². The summed E-state index contributed by atoms with van der Waals surface area (Å²) in [6.45, 7) is 5.41. The van der Waals surface area contributed by atoms with Crippen LogP contribution in [0.4, 0.5) is 0 Å². The molecule has 1 saturated carbocycles. The maximum atomic E-state index is 13.7. The maximum absolute atomic E-state index is 13.7. The van der Waals surface area contributed by atoms with Crippen LogP contribution in [0.2, 0.25) is 0 Å². The highest BCUT2D eigenvalue weighted by molar-refractivity contribution is 5.80. The van der Waals surface area contributed by atoms with Crippen molar-refractivity contribution in [3.63, 3.8) is 0 Å². The minimum atomic E-state index is -0.0705. The van der Waals surface area contributed by atoms with Gasteiger partial charge in [-0.3, -0.25) is 13.9 Å². The molecule has 2 heterocycles. The molecule has 1 fully saturated rings. The van der Waals surface area contributed by atoms with Gasteiger partial charge in [0.1, 0.15) is 5.69 Å². The van der Waals surface area contributed by atoms with Gasteiger partial charge in [-0.25, -0.2) is 9.89 Å². The number of nitrogens with zero attached hydrogens (tertiary/aromatic N) is 5. The molecule has 0 amide bonds. The van der Waals surface area contributed by atoms with Gasteiger partial charge in [0.25, 0.3) is 0 Å². The van der Waals surface area contributed by atoms with E-state index < -0.39 is 0 Å². The van der Waals surface area contributed by atoms with E-state index in [0.717, 1.165) is 47.1 Å². The summed E-state index contributed by atoms with van der Waals surface area (Å²) in [7, 11) is 0. The third-order valence-corrected chi connectivity index (χ3v) is 8.06. The Kier molecular flexibility index (Phi) is 8.49. The van der Waals surface area contributed by atoms with Crippen LogP contribution in [0.1, 0.15) is 80.5 Å². The van der Waals surface area contributed by atoms with Crippen molar-refractivity contribution in [1.29, 1.82) is 0 Å². The quantitative estimate of drug-likeness (QED) is 0.245. The highest BCUT2D eigenvalue weighted by atomic mass is 16.2. The number of aldehydes is 1. The molecule has 5 rings (SSSR count). The Morgan fingerprint density at radius 2 is 1.74 bits per heavy atom. The van der Waals surface area contributed by atoms with E-state index in [-0.39, 0.29) is 5.69 Å². The van der Waals surface area contributed by atoms with Crippen LogP contribution < -0.4 is 5.69 Å². The Balaban J connectivity index is 1.42. The standard InChI is InChI=1S/C31H38N6O2/c1-22(2)12-17-28-29(21-38)36(19-18-23-8-4-3-5-9-23)31(39)37(28)20-24-13-15-25(16-14-24)26-10-6-7-11-27(26)30-32-34-35-33-30/h6-7,10-11,13-16,21-23H,3-5,8-9,12,17-20H2,1-2H3,(H,32,33,34,35). The maximum Gasteiger partial charge on any atom is 0.329 e. The second kappa shape index (κ2) is 12.4. The number of tetrazole rings is 1. The van der Waals surface area contributed by atoms with Crippen LogP contribution in [0.25, 0.3) is 22.5 Å². The molecule has 2 aromatic carbocycles. The number of benzene rings is 2. The Morgan fingerprint density at radius 1 is 1.00 bits per heavy atom. The van der Waals surface area contributed by atoms with Crippen molar-refractivity contribution in [3.8, 4) is 22.5 Å². The molecule has 39 heavy (non-hydrogen) atoms.